The molecule has 380 valence electrons. The number of amides is 4. The number of carbonyl (C=O) groups is 4. The maximum Gasteiger partial charge on any atom is 0.251 e. The summed E-state index contributed by atoms with van der Waals surface area (Å²) in [6, 6.07) is 21.7. The molecule has 4 amide bonds. The fourth-order valence-electron chi connectivity index (χ4n) is 11.5. The van der Waals surface area contributed by atoms with Crippen LogP contribution in [0.2, 0.25) is 5.02 Å². The summed E-state index contributed by atoms with van der Waals surface area (Å²) in [6.45, 7) is 20.2. The first kappa shape index (κ1) is 53.5. The lowest BCUT2D eigenvalue weighted by Gasteiger charge is -2.63. The van der Waals surface area contributed by atoms with Crippen molar-refractivity contribution in [3.8, 4) is 22.3 Å². The molecule has 13 nitrogen and oxygen atoms in total. The van der Waals surface area contributed by atoms with Gasteiger partial charge in [-0.15, -0.1) is 11.3 Å². The van der Waals surface area contributed by atoms with Crippen molar-refractivity contribution in [2.45, 2.75) is 150 Å². The number of carbonyl (C=O) groups excluding carboxylic acids is 4. The summed E-state index contributed by atoms with van der Waals surface area (Å²) in [5, 5.41) is 19.2. The molecular weight excluding hydrogens is 932 g/mol. The smallest absolute Gasteiger partial charge is 0.251 e. The Kier molecular flexibility index (Phi) is 16.7. The van der Waals surface area contributed by atoms with Crippen LogP contribution < -0.4 is 26.4 Å². The Balaban J connectivity index is 0.965. The highest BCUT2D eigenvalue weighted by Crippen LogP contribution is 2.55. The minimum absolute atomic E-state index is 0.165. The van der Waals surface area contributed by atoms with Crippen LogP contribution in [0.3, 0.4) is 0 Å². The lowest BCUT2D eigenvalue weighted by Crippen LogP contribution is -2.74. The van der Waals surface area contributed by atoms with E-state index in [-0.39, 0.29) is 47.9 Å². The molecule has 1 aliphatic carbocycles. The minimum Gasteiger partial charge on any atom is -0.489 e. The Morgan fingerprint density at radius 3 is 2.30 bits per heavy atom. The van der Waals surface area contributed by atoms with Crippen LogP contribution >= 0.6 is 22.9 Å². The van der Waals surface area contributed by atoms with E-state index in [0.717, 1.165) is 40.1 Å². The standard InChI is InChI=1S/C56H73ClN8O5S/c1-34-15-25-42(30-59)65(34)32-41(13-10-12-36-16-22-39(23-17-36)48(66)63-52-55(6,7)53(56(52,8)9)70-43-26-24-40(29-58)44(57)28-43)49(67)62-47(54(3,4)5)51(69)64-27-11-14-45(64)50(68)60-31-37-18-20-38(21-19-37)46-35(2)61-33-71-46/h16-24,26,28,33-34,41-42,45,47,52-53H,10-15,25,27,30-32,59H2,1-9H3,(H,60,68)(H,62,67)(H,63,66)/t34?,41?,42?,45-,47+,52?,53?/m0/s1. The van der Waals surface area contributed by atoms with Crippen LogP contribution in [0.5, 0.6) is 5.75 Å². The van der Waals surface area contributed by atoms with Gasteiger partial charge in [0.25, 0.3) is 5.91 Å². The molecule has 0 bridgehead atoms. The van der Waals surface area contributed by atoms with Gasteiger partial charge in [-0.25, -0.2) is 4.98 Å². The zero-order chi connectivity index (χ0) is 51.4. The monoisotopic (exact) mass is 1000 g/mol. The Bertz CT molecular complexity index is 2570. The van der Waals surface area contributed by atoms with E-state index in [0.29, 0.717) is 80.2 Å². The second kappa shape index (κ2) is 22.2. The summed E-state index contributed by atoms with van der Waals surface area (Å²) >= 11 is 7.89. The summed E-state index contributed by atoms with van der Waals surface area (Å²) in [6.07, 6.45) is 5.02. The molecule has 0 spiro atoms. The number of benzene rings is 3. The van der Waals surface area contributed by atoms with E-state index in [9.17, 15) is 24.4 Å². The average molecular weight is 1010 g/mol. The zero-order valence-electron chi connectivity index (χ0n) is 42.9. The van der Waals surface area contributed by atoms with Crippen molar-refractivity contribution >= 4 is 46.6 Å². The van der Waals surface area contributed by atoms with E-state index in [2.05, 4.69) is 66.5 Å². The first-order chi connectivity index (χ1) is 33.6. The van der Waals surface area contributed by atoms with Gasteiger partial charge in [-0.1, -0.05) is 96.5 Å². The summed E-state index contributed by atoms with van der Waals surface area (Å²) < 4.78 is 6.41. The maximum absolute atomic E-state index is 14.6. The molecule has 15 heteroatoms. The van der Waals surface area contributed by atoms with Gasteiger partial charge in [-0.3, -0.25) is 24.1 Å². The van der Waals surface area contributed by atoms with E-state index in [1.165, 1.54) is 0 Å². The Hall–Kier alpha value is -5.33. The number of nitrogens with two attached hydrogens (primary N) is 1. The number of ether oxygens (including phenoxy) is 1. The van der Waals surface area contributed by atoms with Gasteiger partial charge in [-0.2, -0.15) is 5.26 Å². The van der Waals surface area contributed by atoms with Crippen LogP contribution in [0.1, 0.15) is 127 Å². The van der Waals surface area contributed by atoms with Crippen LogP contribution in [0.25, 0.3) is 10.4 Å². The molecule has 7 rings (SSSR count). The Labute approximate surface area is 429 Å². The van der Waals surface area contributed by atoms with Crippen molar-refractivity contribution in [3.63, 3.8) is 0 Å². The molecule has 0 radical (unpaired) electrons. The van der Waals surface area contributed by atoms with Gasteiger partial charge in [0.2, 0.25) is 17.7 Å². The van der Waals surface area contributed by atoms with Crippen molar-refractivity contribution in [3.05, 3.63) is 105 Å². The number of nitrogens with one attached hydrogen (secondary N) is 3. The van der Waals surface area contributed by atoms with Crippen LogP contribution in [0.4, 0.5) is 0 Å². The van der Waals surface area contributed by atoms with Gasteiger partial charge in [0, 0.05) is 66.8 Å². The molecule has 3 aliphatic rings. The summed E-state index contributed by atoms with van der Waals surface area (Å²) in [7, 11) is 0. The Morgan fingerprint density at radius 1 is 0.986 bits per heavy atom. The van der Waals surface area contributed by atoms with Crippen LogP contribution in [-0.4, -0.2) is 94.4 Å². The topological polar surface area (TPSA) is 183 Å². The number of aryl methyl sites for hydroxylation is 2. The lowest BCUT2D eigenvalue weighted by atomic mass is 9.49. The van der Waals surface area contributed by atoms with Crippen molar-refractivity contribution in [1.82, 2.24) is 30.7 Å². The highest BCUT2D eigenvalue weighted by Gasteiger charge is 2.64. The predicted octanol–water partition coefficient (Wildman–Crippen LogP) is 8.84. The van der Waals surface area contributed by atoms with E-state index < -0.39 is 34.2 Å². The average Bonchev–Trinajstić information content (AvgIpc) is 4.10. The van der Waals surface area contributed by atoms with Crippen molar-refractivity contribution in [2.24, 2.45) is 27.9 Å². The number of hydrogen-bond acceptors (Lipinski definition) is 10. The molecule has 2 aliphatic heterocycles. The van der Waals surface area contributed by atoms with Gasteiger partial charge in [-0.05, 0) is 105 Å². The normalized spacial score (nSPS) is 22.5. The van der Waals surface area contributed by atoms with Crippen molar-refractivity contribution in [2.75, 3.05) is 19.6 Å². The lowest BCUT2D eigenvalue weighted by molar-refractivity contribution is -0.164. The van der Waals surface area contributed by atoms with Gasteiger partial charge >= 0.3 is 0 Å². The van der Waals surface area contributed by atoms with E-state index in [1.807, 2.05) is 81.7 Å². The number of likely N-dealkylation sites (tertiary alicyclic amines) is 2. The molecule has 71 heavy (non-hydrogen) atoms. The SMILES string of the molecule is Cc1ncsc1-c1ccc(CNC(=O)[C@@H]2CCCN2C(=O)[C@@H](NC(=O)C(CCCc2ccc(C(=O)NC3C(C)(C)C(Oc4ccc(C#N)c(Cl)c4)C3(C)C)cc2)CN2C(C)CCC2CN)C(C)(C)C)cc1. The molecule has 3 aromatic carbocycles. The van der Waals surface area contributed by atoms with Gasteiger partial charge in [0.05, 0.1) is 32.6 Å². The highest BCUT2D eigenvalue weighted by atomic mass is 35.5. The molecule has 2 saturated heterocycles. The maximum atomic E-state index is 14.6. The number of nitrogens with zero attached hydrogens (tertiary/aromatic N) is 4. The quantitative estimate of drug-likeness (QED) is 0.0757. The second-order valence-electron chi connectivity index (χ2n) is 22.3. The second-order valence-corrected chi connectivity index (χ2v) is 23.5. The number of nitriles is 1. The number of aromatic nitrogens is 1. The van der Waals surface area contributed by atoms with Crippen LogP contribution in [0, 0.1) is 40.4 Å². The number of halogens is 1. The van der Waals surface area contributed by atoms with E-state index in [1.54, 1.807) is 34.4 Å². The highest BCUT2D eigenvalue weighted by molar-refractivity contribution is 7.13. The number of rotatable bonds is 18. The fraction of sp³-hybridized carbons (Fsp3) is 0.536. The molecule has 3 heterocycles. The first-order valence-corrected chi connectivity index (χ1v) is 26.5. The molecule has 3 unspecified atom stereocenters. The third kappa shape index (κ3) is 12.0. The summed E-state index contributed by atoms with van der Waals surface area (Å²) in [4.78, 5) is 66.2. The molecule has 5 N–H and O–H groups in total. The largest absolute Gasteiger partial charge is 0.489 e. The van der Waals surface area contributed by atoms with E-state index in [4.69, 9.17) is 22.1 Å². The molecule has 4 aromatic rings. The fourth-order valence-corrected chi connectivity index (χ4v) is 12.5. The third-order valence-corrected chi connectivity index (χ3v) is 16.6. The summed E-state index contributed by atoms with van der Waals surface area (Å²) in [5.41, 5.74) is 11.7. The van der Waals surface area contributed by atoms with Gasteiger partial charge in [0.15, 0.2) is 0 Å². The number of thiazole rings is 1. The molecular formula is C56H73ClN8O5S. The molecule has 1 saturated carbocycles. The van der Waals surface area contributed by atoms with Crippen LogP contribution in [-0.2, 0) is 27.3 Å². The molecule has 3 fully saturated rings. The zero-order valence-corrected chi connectivity index (χ0v) is 44.5. The van der Waals surface area contributed by atoms with Gasteiger partial charge in [0.1, 0.15) is 30.0 Å². The van der Waals surface area contributed by atoms with Crippen molar-refractivity contribution < 1.29 is 23.9 Å². The molecule has 5 atom stereocenters. The predicted molar refractivity (Wildman–Crippen MR) is 281 cm³/mol. The van der Waals surface area contributed by atoms with Crippen LogP contribution in [0.15, 0.2) is 72.2 Å². The van der Waals surface area contributed by atoms with Gasteiger partial charge < -0.3 is 31.3 Å². The third-order valence-electron chi connectivity index (χ3n) is 15.4. The summed E-state index contributed by atoms with van der Waals surface area (Å²) in [5.74, 6) is -0.608. The van der Waals surface area contributed by atoms with E-state index >= 15 is 0 Å². The Morgan fingerprint density at radius 2 is 1.68 bits per heavy atom. The number of hydrogen-bond donors (Lipinski definition) is 4. The molecule has 1 aromatic heterocycles. The minimum atomic E-state index is -0.843. The van der Waals surface area contributed by atoms with Crippen molar-refractivity contribution in [1.29, 1.82) is 5.26 Å². The first-order valence-electron chi connectivity index (χ1n) is 25.2.